The lowest BCUT2D eigenvalue weighted by Gasteiger charge is -2.18. The molecular weight excluding hydrogens is 372 g/mol. The fraction of sp³-hybridized carbons (Fsp3) is 0.192. The van der Waals surface area contributed by atoms with Gasteiger partial charge in [0.25, 0.3) is 0 Å². The van der Waals surface area contributed by atoms with Crippen molar-refractivity contribution in [2.24, 2.45) is 4.99 Å². The first kappa shape index (κ1) is 19.9. The van der Waals surface area contributed by atoms with E-state index < -0.39 is 0 Å². The SMILES string of the molecule is COc1ccc(COC2C=CC=C(/C=C/C3=NC=CN(C)c4ccccc43)C2)cc1. The smallest absolute Gasteiger partial charge is 0.118 e. The number of allylic oxidation sites excluding steroid dienone is 4. The van der Waals surface area contributed by atoms with Crippen LogP contribution in [0.2, 0.25) is 0 Å². The summed E-state index contributed by atoms with van der Waals surface area (Å²) in [7, 11) is 3.71. The Morgan fingerprint density at radius 1 is 1.10 bits per heavy atom. The zero-order valence-corrected chi connectivity index (χ0v) is 17.4. The van der Waals surface area contributed by atoms with E-state index in [-0.39, 0.29) is 6.10 Å². The van der Waals surface area contributed by atoms with E-state index >= 15 is 0 Å². The summed E-state index contributed by atoms with van der Waals surface area (Å²) >= 11 is 0. The highest BCUT2D eigenvalue weighted by atomic mass is 16.5. The number of anilines is 1. The number of nitrogens with zero attached hydrogens (tertiary/aromatic N) is 2. The highest BCUT2D eigenvalue weighted by Crippen LogP contribution is 2.24. The third-order valence-corrected chi connectivity index (χ3v) is 5.22. The molecule has 4 rings (SSSR count). The van der Waals surface area contributed by atoms with Gasteiger partial charge >= 0.3 is 0 Å². The number of ether oxygens (including phenoxy) is 2. The van der Waals surface area contributed by atoms with Gasteiger partial charge in [-0.1, -0.05) is 54.6 Å². The second-order valence-corrected chi connectivity index (χ2v) is 7.30. The van der Waals surface area contributed by atoms with E-state index in [2.05, 4.69) is 58.5 Å². The van der Waals surface area contributed by atoms with Gasteiger partial charge in [-0.25, -0.2) is 0 Å². The van der Waals surface area contributed by atoms with Crippen LogP contribution in [0, 0.1) is 0 Å². The topological polar surface area (TPSA) is 34.1 Å². The zero-order valence-electron chi connectivity index (χ0n) is 17.4. The summed E-state index contributed by atoms with van der Waals surface area (Å²) in [5.41, 5.74) is 5.58. The average molecular weight is 399 g/mol. The normalized spacial score (nSPS) is 18.1. The second-order valence-electron chi connectivity index (χ2n) is 7.30. The van der Waals surface area contributed by atoms with Gasteiger partial charge in [-0.05, 0) is 35.4 Å². The van der Waals surface area contributed by atoms with Crippen LogP contribution in [0.1, 0.15) is 17.5 Å². The highest BCUT2D eigenvalue weighted by Gasteiger charge is 2.13. The molecule has 152 valence electrons. The predicted molar refractivity (Wildman–Crippen MR) is 123 cm³/mol. The number of rotatable bonds is 6. The van der Waals surface area contributed by atoms with Crippen LogP contribution in [0.25, 0.3) is 0 Å². The maximum atomic E-state index is 6.10. The Bertz CT molecular complexity index is 1030. The van der Waals surface area contributed by atoms with E-state index in [4.69, 9.17) is 9.47 Å². The number of para-hydroxylation sites is 1. The number of fused-ring (bicyclic) bond motifs is 1. The number of benzene rings is 2. The van der Waals surface area contributed by atoms with Gasteiger partial charge in [0.05, 0.1) is 25.5 Å². The molecule has 1 atom stereocenters. The zero-order chi connectivity index (χ0) is 20.8. The summed E-state index contributed by atoms with van der Waals surface area (Å²) in [4.78, 5) is 6.72. The van der Waals surface area contributed by atoms with E-state index in [0.717, 1.165) is 34.7 Å². The Morgan fingerprint density at radius 3 is 2.77 bits per heavy atom. The minimum atomic E-state index is 0.0612. The molecule has 2 aromatic carbocycles. The average Bonchev–Trinajstić information content (AvgIpc) is 2.96. The molecule has 1 heterocycles. The maximum Gasteiger partial charge on any atom is 0.118 e. The van der Waals surface area contributed by atoms with Gasteiger partial charge < -0.3 is 14.4 Å². The van der Waals surface area contributed by atoms with Crippen molar-refractivity contribution in [1.82, 2.24) is 0 Å². The van der Waals surface area contributed by atoms with Crippen LogP contribution in [-0.2, 0) is 11.3 Å². The molecule has 0 aromatic heterocycles. The fourth-order valence-electron chi connectivity index (χ4n) is 3.51. The van der Waals surface area contributed by atoms with Gasteiger partial charge in [0.1, 0.15) is 5.75 Å². The number of aliphatic imine (C=N–C) groups is 1. The van der Waals surface area contributed by atoms with Crippen molar-refractivity contribution in [3.05, 3.63) is 108 Å². The van der Waals surface area contributed by atoms with E-state index in [9.17, 15) is 0 Å². The number of methoxy groups -OCH3 is 1. The summed E-state index contributed by atoms with van der Waals surface area (Å²) in [6.07, 6.45) is 15.3. The lowest BCUT2D eigenvalue weighted by molar-refractivity contribution is 0.0720. The lowest BCUT2D eigenvalue weighted by atomic mass is 10.00. The molecule has 1 aliphatic carbocycles. The monoisotopic (exact) mass is 398 g/mol. The van der Waals surface area contributed by atoms with Gasteiger partial charge in [0, 0.05) is 37.1 Å². The molecule has 0 N–H and O–H groups in total. The molecule has 4 heteroatoms. The van der Waals surface area contributed by atoms with Crippen molar-refractivity contribution in [3.63, 3.8) is 0 Å². The van der Waals surface area contributed by atoms with Gasteiger partial charge in [0.2, 0.25) is 0 Å². The summed E-state index contributed by atoms with van der Waals surface area (Å²) in [6, 6.07) is 16.3. The molecular formula is C26H26N2O2. The van der Waals surface area contributed by atoms with Crippen molar-refractivity contribution >= 4 is 11.4 Å². The maximum absolute atomic E-state index is 6.10. The van der Waals surface area contributed by atoms with Gasteiger partial charge in [-0.15, -0.1) is 0 Å². The van der Waals surface area contributed by atoms with Crippen molar-refractivity contribution in [2.45, 2.75) is 19.1 Å². The predicted octanol–water partition coefficient (Wildman–Crippen LogP) is 5.43. The van der Waals surface area contributed by atoms with Crippen molar-refractivity contribution < 1.29 is 9.47 Å². The summed E-state index contributed by atoms with van der Waals surface area (Å²) in [6.45, 7) is 0.577. The van der Waals surface area contributed by atoms with E-state index in [1.807, 2.05) is 49.8 Å². The first-order chi connectivity index (χ1) is 14.7. The molecule has 4 nitrogen and oxygen atoms in total. The van der Waals surface area contributed by atoms with Crippen LogP contribution >= 0.6 is 0 Å². The quantitative estimate of drug-likeness (QED) is 0.650. The summed E-state index contributed by atoms with van der Waals surface area (Å²) in [5.74, 6) is 0.857. The second kappa shape index (κ2) is 9.42. The molecule has 0 bridgehead atoms. The minimum Gasteiger partial charge on any atom is -0.497 e. The Balaban J connectivity index is 1.39. The number of hydrogen-bond acceptors (Lipinski definition) is 4. The van der Waals surface area contributed by atoms with Crippen LogP contribution in [0.4, 0.5) is 5.69 Å². The molecule has 2 aromatic rings. The van der Waals surface area contributed by atoms with Crippen LogP contribution in [0.5, 0.6) is 5.75 Å². The lowest BCUT2D eigenvalue weighted by Crippen LogP contribution is -2.13. The largest absolute Gasteiger partial charge is 0.497 e. The van der Waals surface area contributed by atoms with E-state index in [1.165, 1.54) is 5.57 Å². The van der Waals surface area contributed by atoms with Crippen LogP contribution < -0.4 is 9.64 Å². The molecule has 1 unspecified atom stereocenters. The molecule has 0 amide bonds. The molecule has 0 saturated carbocycles. The molecule has 1 aliphatic heterocycles. The van der Waals surface area contributed by atoms with Crippen molar-refractivity contribution in [1.29, 1.82) is 0 Å². The van der Waals surface area contributed by atoms with E-state index in [0.29, 0.717) is 6.61 Å². The summed E-state index contributed by atoms with van der Waals surface area (Å²) in [5, 5.41) is 0. The Kier molecular flexibility index (Phi) is 6.26. The van der Waals surface area contributed by atoms with Crippen molar-refractivity contribution in [3.8, 4) is 5.75 Å². The van der Waals surface area contributed by atoms with E-state index in [1.54, 1.807) is 7.11 Å². The summed E-state index contributed by atoms with van der Waals surface area (Å²) < 4.78 is 11.3. The molecule has 0 saturated heterocycles. The third-order valence-electron chi connectivity index (χ3n) is 5.22. The highest BCUT2D eigenvalue weighted by molar-refractivity contribution is 6.13. The van der Waals surface area contributed by atoms with Crippen LogP contribution in [0.3, 0.4) is 0 Å². The van der Waals surface area contributed by atoms with Crippen molar-refractivity contribution in [2.75, 3.05) is 19.1 Å². The first-order valence-electron chi connectivity index (χ1n) is 10.1. The molecule has 2 aliphatic rings. The first-order valence-corrected chi connectivity index (χ1v) is 10.1. The Labute approximate surface area is 178 Å². The van der Waals surface area contributed by atoms with Crippen LogP contribution in [0.15, 0.2) is 102 Å². The van der Waals surface area contributed by atoms with Gasteiger partial charge in [-0.2, -0.15) is 0 Å². The fourth-order valence-corrected chi connectivity index (χ4v) is 3.51. The molecule has 0 spiro atoms. The Hall–Kier alpha value is -3.37. The molecule has 0 fully saturated rings. The molecule has 0 radical (unpaired) electrons. The number of hydrogen-bond donors (Lipinski definition) is 0. The van der Waals surface area contributed by atoms with Gasteiger partial charge in [0.15, 0.2) is 0 Å². The molecule has 30 heavy (non-hydrogen) atoms. The third kappa shape index (κ3) is 4.78. The minimum absolute atomic E-state index is 0.0612. The standard InChI is InChI=1S/C26H26N2O2/c1-28-17-16-27-25(24-8-3-4-9-26(24)28)15-12-20-6-5-7-23(18-20)30-19-21-10-13-22(29-2)14-11-21/h3-17,23H,18-19H2,1-2H3/b15-12+. The Morgan fingerprint density at radius 2 is 1.93 bits per heavy atom. The van der Waals surface area contributed by atoms with Crippen LogP contribution in [-0.4, -0.2) is 26.0 Å². The van der Waals surface area contributed by atoms with Gasteiger partial charge in [-0.3, -0.25) is 4.99 Å².